The number of amides is 1. The number of nitrogens with two attached hydrogens (primary N) is 1. The highest BCUT2D eigenvalue weighted by atomic mass is 16.6. The zero-order valence-corrected chi connectivity index (χ0v) is 21.2. The summed E-state index contributed by atoms with van der Waals surface area (Å²) in [6, 6.07) is 9.09. The lowest BCUT2D eigenvalue weighted by Crippen LogP contribution is -2.31. The Labute approximate surface area is 227 Å². The Hall–Kier alpha value is -4.85. The molecule has 1 aliphatic rings. The fourth-order valence-electron chi connectivity index (χ4n) is 4.37. The first-order valence-corrected chi connectivity index (χ1v) is 12.2. The molecule has 3 unspecified atom stereocenters. The number of nitrogens with one attached hydrogen (secondary N) is 1. The van der Waals surface area contributed by atoms with Gasteiger partial charge in [-0.05, 0) is 19.1 Å². The van der Waals surface area contributed by atoms with Crippen LogP contribution in [0.5, 0.6) is 11.5 Å². The van der Waals surface area contributed by atoms with Crippen LogP contribution in [-0.2, 0) is 4.74 Å². The van der Waals surface area contributed by atoms with E-state index in [9.17, 15) is 30.0 Å². The molecule has 13 nitrogen and oxygen atoms in total. The molecule has 0 spiro atoms. The Morgan fingerprint density at radius 2 is 1.82 bits per heavy atom. The minimum absolute atomic E-state index is 0.0291. The van der Waals surface area contributed by atoms with Crippen molar-refractivity contribution in [1.82, 2.24) is 24.8 Å². The molecule has 4 aromatic rings. The van der Waals surface area contributed by atoms with Crippen molar-refractivity contribution in [2.24, 2.45) is 0 Å². The number of imidazole rings is 1. The zero-order valence-electron chi connectivity index (χ0n) is 21.2. The molecular weight excluding hydrogens is 520 g/mol. The summed E-state index contributed by atoms with van der Waals surface area (Å²) in [6.45, 7) is 1.82. The van der Waals surface area contributed by atoms with Crippen molar-refractivity contribution in [2.75, 3.05) is 12.3 Å². The number of aromatic hydroxyl groups is 2. The first kappa shape index (κ1) is 26.7. The van der Waals surface area contributed by atoms with Crippen LogP contribution < -0.4 is 11.1 Å². The topological polar surface area (TPSA) is 206 Å². The molecule has 0 bridgehead atoms. The van der Waals surface area contributed by atoms with Gasteiger partial charge in [-0.3, -0.25) is 14.2 Å². The maximum absolute atomic E-state index is 12.8. The lowest BCUT2D eigenvalue weighted by molar-refractivity contribution is -0.0245. The number of anilines is 1. The standard InChI is InChI=1S/C27H26N6O7/c1-13-4-6-14(7-5-13)20(35)15-9-16(21(36)17(34)10-15)26(39)29-8-2-3-18-22(37)23(38)27(40-18)33-12-32-19-24(28)30-11-31-25(19)33/h2-7,9-12,18,22-23,27,34,36-38H,8H2,1H3,(H,29,39)(H2,28,30,31)/t18?,22?,23-,27?/m1/s1. The molecule has 1 saturated heterocycles. The van der Waals surface area contributed by atoms with E-state index in [-0.39, 0.29) is 23.5 Å². The monoisotopic (exact) mass is 546 g/mol. The number of fused-ring (bicyclic) bond motifs is 1. The highest BCUT2D eigenvalue weighted by Crippen LogP contribution is 2.33. The van der Waals surface area contributed by atoms with Gasteiger partial charge in [-0.25, -0.2) is 15.0 Å². The summed E-state index contributed by atoms with van der Waals surface area (Å²) < 4.78 is 7.25. The van der Waals surface area contributed by atoms with Gasteiger partial charge in [-0.15, -0.1) is 0 Å². The van der Waals surface area contributed by atoms with Crippen molar-refractivity contribution in [1.29, 1.82) is 0 Å². The van der Waals surface area contributed by atoms with Crippen LogP contribution in [0.2, 0.25) is 0 Å². The van der Waals surface area contributed by atoms with Crippen molar-refractivity contribution < 1.29 is 34.8 Å². The number of hydrogen-bond donors (Lipinski definition) is 6. The van der Waals surface area contributed by atoms with Gasteiger partial charge < -0.3 is 36.2 Å². The fourth-order valence-corrected chi connectivity index (χ4v) is 4.37. The molecule has 40 heavy (non-hydrogen) atoms. The predicted octanol–water partition coefficient (Wildman–Crippen LogP) is 0.965. The number of benzene rings is 2. The molecule has 0 saturated carbocycles. The molecule has 0 radical (unpaired) electrons. The number of carbonyl (C=O) groups is 2. The van der Waals surface area contributed by atoms with Gasteiger partial charge in [-0.1, -0.05) is 42.0 Å². The maximum Gasteiger partial charge on any atom is 0.255 e. The third-order valence-corrected chi connectivity index (χ3v) is 6.55. The largest absolute Gasteiger partial charge is 0.504 e. The number of aliphatic hydroxyl groups excluding tert-OH is 2. The number of phenolic OH excluding ortho intramolecular Hbond substituents is 2. The molecule has 4 atom stereocenters. The summed E-state index contributed by atoms with van der Waals surface area (Å²) in [4.78, 5) is 37.7. The van der Waals surface area contributed by atoms with Crippen molar-refractivity contribution in [2.45, 2.75) is 31.5 Å². The molecule has 1 amide bonds. The predicted molar refractivity (Wildman–Crippen MR) is 142 cm³/mol. The number of hydrogen-bond acceptors (Lipinski definition) is 11. The number of ether oxygens (including phenoxy) is 1. The van der Waals surface area contributed by atoms with E-state index >= 15 is 0 Å². The smallest absolute Gasteiger partial charge is 0.255 e. The molecule has 1 fully saturated rings. The van der Waals surface area contributed by atoms with Crippen molar-refractivity contribution in [3.8, 4) is 11.5 Å². The highest BCUT2D eigenvalue weighted by molar-refractivity contribution is 6.11. The number of aryl methyl sites for hydroxylation is 1. The van der Waals surface area contributed by atoms with Crippen molar-refractivity contribution in [3.63, 3.8) is 0 Å². The third kappa shape index (κ3) is 4.96. The van der Waals surface area contributed by atoms with E-state index in [1.165, 1.54) is 35.4 Å². The summed E-state index contributed by atoms with van der Waals surface area (Å²) in [5.74, 6) is -2.29. The molecule has 0 aliphatic carbocycles. The van der Waals surface area contributed by atoms with Gasteiger partial charge >= 0.3 is 0 Å². The lowest BCUT2D eigenvalue weighted by Gasteiger charge is -2.16. The first-order valence-electron chi connectivity index (χ1n) is 12.2. The van der Waals surface area contributed by atoms with Crippen LogP contribution in [0, 0.1) is 6.92 Å². The van der Waals surface area contributed by atoms with Gasteiger partial charge in [0.1, 0.15) is 30.2 Å². The van der Waals surface area contributed by atoms with Crippen molar-refractivity contribution >= 4 is 28.7 Å². The summed E-state index contributed by atoms with van der Waals surface area (Å²) >= 11 is 0. The number of rotatable bonds is 7. The second kappa shape index (κ2) is 10.7. The van der Waals surface area contributed by atoms with E-state index in [1.54, 1.807) is 24.3 Å². The molecule has 2 aromatic carbocycles. The molecule has 7 N–H and O–H groups in total. The quantitative estimate of drug-likeness (QED) is 0.109. The average molecular weight is 547 g/mol. The number of ketones is 1. The zero-order chi connectivity index (χ0) is 28.6. The highest BCUT2D eigenvalue weighted by Gasteiger charge is 2.43. The van der Waals surface area contributed by atoms with E-state index in [1.807, 2.05) is 6.92 Å². The second-order valence-corrected chi connectivity index (χ2v) is 9.28. The molecular formula is C27H26N6O7. The van der Waals surface area contributed by atoms with Crippen LogP contribution in [0.15, 0.2) is 61.2 Å². The Kier molecular flexibility index (Phi) is 7.17. The van der Waals surface area contributed by atoms with Gasteiger partial charge in [0, 0.05) is 17.7 Å². The van der Waals surface area contributed by atoms with Crippen LogP contribution >= 0.6 is 0 Å². The van der Waals surface area contributed by atoms with Crippen LogP contribution in [0.4, 0.5) is 5.82 Å². The molecule has 13 heteroatoms. The molecule has 2 aromatic heterocycles. The van der Waals surface area contributed by atoms with Crippen LogP contribution in [-0.4, -0.2) is 76.5 Å². The van der Waals surface area contributed by atoms with Crippen LogP contribution in [0.1, 0.15) is 38.1 Å². The Morgan fingerprint density at radius 3 is 2.58 bits per heavy atom. The third-order valence-electron chi connectivity index (χ3n) is 6.55. The minimum atomic E-state index is -1.31. The van der Waals surface area contributed by atoms with Gasteiger partial charge in [-0.2, -0.15) is 0 Å². The molecule has 5 rings (SSSR count). The van der Waals surface area contributed by atoms with Crippen LogP contribution in [0.25, 0.3) is 11.2 Å². The summed E-state index contributed by atoms with van der Waals surface area (Å²) in [5.41, 5.74) is 7.53. The van der Waals surface area contributed by atoms with E-state index in [0.717, 1.165) is 11.6 Å². The fraction of sp³-hybridized carbons (Fsp3) is 0.222. The lowest BCUT2D eigenvalue weighted by atomic mass is 9.99. The summed E-state index contributed by atoms with van der Waals surface area (Å²) in [5, 5.41) is 44.0. The second-order valence-electron chi connectivity index (χ2n) is 9.28. The van der Waals surface area contributed by atoms with E-state index < -0.39 is 47.7 Å². The van der Waals surface area contributed by atoms with Gasteiger partial charge in [0.2, 0.25) is 0 Å². The number of phenols is 2. The van der Waals surface area contributed by atoms with E-state index in [4.69, 9.17) is 10.5 Å². The SMILES string of the molecule is Cc1ccc(C(=O)c2cc(O)c(O)c(C(=O)NCC=CC3OC(n4cnc5c(N)ncnc54)[C@H](O)C3O)c2)cc1. The Morgan fingerprint density at radius 1 is 1.07 bits per heavy atom. The average Bonchev–Trinajstić information content (AvgIpc) is 3.49. The number of aromatic nitrogens is 4. The number of aliphatic hydroxyl groups is 2. The minimum Gasteiger partial charge on any atom is -0.504 e. The molecule has 3 heterocycles. The Balaban J connectivity index is 1.25. The molecule has 206 valence electrons. The van der Waals surface area contributed by atoms with E-state index in [2.05, 4.69) is 20.3 Å². The van der Waals surface area contributed by atoms with Crippen LogP contribution in [0.3, 0.4) is 0 Å². The summed E-state index contributed by atoms with van der Waals surface area (Å²) in [6.07, 6.45) is 1.04. The van der Waals surface area contributed by atoms with Crippen molar-refractivity contribution in [3.05, 3.63) is 83.5 Å². The van der Waals surface area contributed by atoms with E-state index in [0.29, 0.717) is 16.7 Å². The first-order chi connectivity index (χ1) is 19.2. The molecule has 1 aliphatic heterocycles. The number of nitrogens with zero attached hydrogens (tertiary/aromatic N) is 4. The Bertz CT molecular complexity index is 1620. The number of nitrogen functional groups attached to an aromatic ring is 1. The number of carbonyl (C=O) groups excluding carboxylic acids is 2. The maximum atomic E-state index is 12.8. The van der Waals surface area contributed by atoms with Gasteiger partial charge in [0.25, 0.3) is 5.91 Å². The van der Waals surface area contributed by atoms with Gasteiger partial charge in [0.15, 0.2) is 35.0 Å². The van der Waals surface area contributed by atoms with Gasteiger partial charge in [0.05, 0.1) is 11.9 Å². The summed E-state index contributed by atoms with van der Waals surface area (Å²) in [7, 11) is 0. The normalized spacial score (nSPS) is 20.8.